The highest BCUT2D eigenvalue weighted by atomic mass is 16.2. The van der Waals surface area contributed by atoms with Crippen molar-refractivity contribution in [3.05, 3.63) is 52.8 Å². The van der Waals surface area contributed by atoms with Gasteiger partial charge in [-0.05, 0) is 77.8 Å². The first kappa shape index (κ1) is 19.2. The molecule has 0 spiro atoms. The highest BCUT2D eigenvalue weighted by molar-refractivity contribution is 5.95. The van der Waals surface area contributed by atoms with Gasteiger partial charge in [0.15, 0.2) is 0 Å². The van der Waals surface area contributed by atoms with Gasteiger partial charge in [-0.1, -0.05) is 0 Å². The zero-order valence-electron chi connectivity index (χ0n) is 17.0. The molecule has 0 bridgehead atoms. The van der Waals surface area contributed by atoms with Crippen molar-refractivity contribution in [3.63, 3.8) is 0 Å². The molecule has 0 radical (unpaired) electrons. The molecule has 27 heavy (non-hydrogen) atoms. The van der Waals surface area contributed by atoms with E-state index >= 15 is 0 Å². The third-order valence-corrected chi connectivity index (χ3v) is 5.11. The van der Waals surface area contributed by atoms with Crippen LogP contribution in [-0.2, 0) is 5.54 Å². The number of nitrogens with one attached hydrogen (secondary N) is 1. The van der Waals surface area contributed by atoms with Gasteiger partial charge in [0.25, 0.3) is 5.91 Å². The van der Waals surface area contributed by atoms with Crippen LogP contribution in [-0.4, -0.2) is 29.8 Å². The number of nitrogens with zero attached hydrogens (tertiary/aromatic N) is 3. The number of benzene rings is 1. The van der Waals surface area contributed by atoms with Crippen molar-refractivity contribution in [2.75, 3.05) is 18.0 Å². The van der Waals surface area contributed by atoms with Crippen LogP contribution in [0.25, 0.3) is 0 Å². The second-order valence-electron chi connectivity index (χ2n) is 8.27. The maximum absolute atomic E-state index is 12.3. The molecule has 0 aliphatic carbocycles. The quantitative estimate of drug-likeness (QED) is 0.650. The number of rotatable bonds is 4. The Morgan fingerprint density at radius 1 is 1.11 bits per heavy atom. The molecule has 1 aromatic carbocycles. The smallest absolute Gasteiger partial charge is 0.271 e. The molecule has 1 aliphatic rings. The maximum Gasteiger partial charge on any atom is 0.271 e. The lowest BCUT2D eigenvalue weighted by Gasteiger charge is -2.25. The van der Waals surface area contributed by atoms with E-state index in [1.54, 1.807) is 6.21 Å². The second kappa shape index (κ2) is 7.59. The van der Waals surface area contributed by atoms with Gasteiger partial charge < -0.3 is 9.47 Å². The number of hydrogen-bond donors (Lipinski definition) is 1. The molecule has 2 heterocycles. The van der Waals surface area contributed by atoms with Crippen molar-refractivity contribution in [1.29, 1.82) is 0 Å². The molecule has 5 nitrogen and oxygen atoms in total. The van der Waals surface area contributed by atoms with E-state index in [-0.39, 0.29) is 11.4 Å². The van der Waals surface area contributed by atoms with E-state index < -0.39 is 0 Å². The van der Waals surface area contributed by atoms with Gasteiger partial charge in [-0.3, -0.25) is 4.79 Å². The Balaban J connectivity index is 1.65. The molecular formula is C22H30N4O. The van der Waals surface area contributed by atoms with Crippen molar-refractivity contribution >= 4 is 17.8 Å². The van der Waals surface area contributed by atoms with Crippen LogP contribution in [0.15, 0.2) is 35.4 Å². The Hall–Kier alpha value is -2.56. The van der Waals surface area contributed by atoms with Crippen molar-refractivity contribution in [3.8, 4) is 0 Å². The highest BCUT2D eigenvalue weighted by Gasteiger charge is 2.19. The van der Waals surface area contributed by atoms with Gasteiger partial charge in [0.05, 0.1) is 6.21 Å². The van der Waals surface area contributed by atoms with E-state index in [2.05, 4.69) is 60.7 Å². The molecule has 0 unspecified atom stereocenters. The largest absolute Gasteiger partial charge is 0.372 e. The van der Waals surface area contributed by atoms with Crippen LogP contribution in [0.1, 0.15) is 60.9 Å². The lowest BCUT2D eigenvalue weighted by molar-refractivity contribution is 0.0955. The van der Waals surface area contributed by atoms with Crippen LogP contribution in [0.2, 0.25) is 0 Å². The number of aryl methyl sites for hydroxylation is 1. The van der Waals surface area contributed by atoms with E-state index in [1.807, 2.05) is 24.3 Å². The van der Waals surface area contributed by atoms with E-state index in [0.29, 0.717) is 5.56 Å². The molecule has 0 atom stereocenters. The molecule has 1 N–H and O–H groups in total. The zero-order chi connectivity index (χ0) is 19.6. The topological polar surface area (TPSA) is 49.6 Å². The van der Waals surface area contributed by atoms with Gasteiger partial charge in [0, 0.05) is 46.8 Å². The number of carbonyl (C=O) groups is 1. The summed E-state index contributed by atoms with van der Waals surface area (Å²) in [6.07, 6.45) is 4.21. The molecule has 0 saturated carbocycles. The molecule has 1 aromatic heterocycles. The molecule has 1 saturated heterocycles. The molecule has 144 valence electrons. The SMILES string of the molecule is Cc1cc(/C=N\NC(=O)c2ccc(N3CCCC3)cc2)c(C)n1C(C)(C)C. The van der Waals surface area contributed by atoms with Crippen molar-refractivity contribution in [1.82, 2.24) is 9.99 Å². The standard InChI is InChI=1S/C22H30N4O/c1-16-14-19(17(2)26(16)22(3,4)5)15-23-24-21(27)18-8-10-20(11-9-18)25-12-6-7-13-25/h8-11,14-15H,6-7,12-13H2,1-5H3,(H,24,27)/b23-15-. The van der Waals surface area contributed by atoms with Gasteiger partial charge in [-0.15, -0.1) is 0 Å². The molecule has 2 aromatic rings. The summed E-state index contributed by atoms with van der Waals surface area (Å²) >= 11 is 0. The van der Waals surface area contributed by atoms with Crippen LogP contribution in [0, 0.1) is 13.8 Å². The summed E-state index contributed by atoms with van der Waals surface area (Å²) in [6, 6.07) is 9.86. The summed E-state index contributed by atoms with van der Waals surface area (Å²) in [5.74, 6) is -0.191. The number of carbonyl (C=O) groups excluding carboxylic acids is 1. The molecule has 3 rings (SSSR count). The van der Waals surface area contributed by atoms with E-state index in [9.17, 15) is 4.79 Å². The fraction of sp³-hybridized carbons (Fsp3) is 0.455. The molecule has 1 amide bonds. The van der Waals surface area contributed by atoms with Crippen LogP contribution in [0.3, 0.4) is 0 Å². The summed E-state index contributed by atoms with van der Waals surface area (Å²) in [4.78, 5) is 14.7. The first-order chi connectivity index (χ1) is 12.8. The summed E-state index contributed by atoms with van der Waals surface area (Å²) in [6.45, 7) is 12.9. The fourth-order valence-corrected chi connectivity index (χ4v) is 3.97. The van der Waals surface area contributed by atoms with Crippen molar-refractivity contribution in [2.24, 2.45) is 5.10 Å². The second-order valence-corrected chi connectivity index (χ2v) is 8.27. The highest BCUT2D eigenvalue weighted by Crippen LogP contribution is 2.23. The summed E-state index contributed by atoms with van der Waals surface area (Å²) in [7, 11) is 0. The summed E-state index contributed by atoms with van der Waals surface area (Å²) in [5, 5.41) is 4.17. The average molecular weight is 367 g/mol. The minimum Gasteiger partial charge on any atom is -0.372 e. The Bertz CT molecular complexity index is 834. The molecule has 1 aliphatic heterocycles. The third-order valence-electron chi connectivity index (χ3n) is 5.11. The van der Waals surface area contributed by atoms with Gasteiger partial charge in [-0.25, -0.2) is 5.43 Å². The predicted molar refractivity (Wildman–Crippen MR) is 112 cm³/mol. The maximum atomic E-state index is 12.3. The first-order valence-corrected chi connectivity index (χ1v) is 9.65. The van der Waals surface area contributed by atoms with Gasteiger partial charge >= 0.3 is 0 Å². The molecular weight excluding hydrogens is 336 g/mol. The number of anilines is 1. The number of hydrazone groups is 1. The Labute approximate surface area is 162 Å². The molecule has 1 fully saturated rings. The van der Waals surface area contributed by atoms with Gasteiger partial charge in [0.2, 0.25) is 0 Å². The van der Waals surface area contributed by atoms with Gasteiger partial charge in [-0.2, -0.15) is 5.10 Å². The van der Waals surface area contributed by atoms with E-state index in [0.717, 1.165) is 24.3 Å². The van der Waals surface area contributed by atoms with Crippen LogP contribution in [0.5, 0.6) is 0 Å². The minimum atomic E-state index is -0.191. The lowest BCUT2D eigenvalue weighted by Crippen LogP contribution is -2.24. The average Bonchev–Trinajstić information content (AvgIpc) is 3.23. The Morgan fingerprint density at radius 2 is 1.74 bits per heavy atom. The molecule has 5 heteroatoms. The van der Waals surface area contributed by atoms with Crippen LogP contribution >= 0.6 is 0 Å². The van der Waals surface area contributed by atoms with Crippen LogP contribution in [0.4, 0.5) is 5.69 Å². The predicted octanol–water partition coefficient (Wildman–Crippen LogP) is 4.22. The van der Waals surface area contributed by atoms with Crippen LogP contribution < -0.4 is 10.3 Å². The lowest BCUT2D eigenvalue weighted by atomic mass is 10.1. The zero-order valence-corrected chi connectivity index (χ0v) is 17.0. The normalized spacial score (nSPS) is 14.9. The monoisotopic (exact) mass is 366 g/mol. The summed E-state index contributed by atoms with van der Waals surface area (Å²) in [5.41, 5.74) is 7.81. The fourth-order valence-electron chi connectivity index (χ4n) is 3.97. The van der Waals surface area contributed by atoms with Crippen molar-refractivity contribution < 1.29 is 4.79 Å². The number of hydrogen-bond acceptors (Lipinski definition) is 3. The number of aromatic nitrogens is 1. The first-order valence-electron chi connectivity index (χ1n) is 9.65. The summed E-state index contributed by atoms with van der Waals surface area (Å²) < 4.78 is 2.28. The third kappa shape index (κ3) is 4.24. The van der Waals surface area contributed by atoms with E-state index in [4.69, 9.17) is 0 Å². The minimum absolute atomic E-state index is 0.0145. The van der Waals surface area contributed by atoms with Crippen molar-refractivity contribution in [2.45, 2.75) is 53.0 Å². The van der Waals surface area contributed by atoms with E-state index in [1.165, 1.54) is 24.2 Å². The Morgan fingerprint density at radius 3 is 2.30 bits per heavy atom. The van der Waals surface area contributed by atoms with Gasteiger partial charge in [0.1, 0.15) is 0 Å². The number of amides is 1. The Kier molecular flexibility index (Phi) is 5.40.